The smallest absolute Gasteiger partial charge is 0.418 e. The zero-order valence-corrected chi connectivity index (χ0v) is 15.4. The molecule has 0 spiro atoms. The van der Waals surface area contributed by atoms with Gasteiger partial charge in [-0.2, -0.15) is 18.3 Å². The molecule has 0 aliphatic carbocycles. The number of azo groups is 1. The first kappa shape index (κ1) is 18.9. The highest BCUT2D eigenvalue weighted by Gasteiger charge is 2.34. The second kappa shape index (κ2) is 7.17. The van der Waals surface area contributed by atoms with E-state index in [1.54, 1.807) is 42.5 Å². The largest absolute Gasteiger partial charge is 0.508 e. The fourth-order valence-corrected chi connectivity index (χ4v) is 3.66. The average molecular weight is 415 g/mol. The minimum Gasteiger partial charge on any atom is -0.508 e. The highest BCUT2D eigenvalue weighted by atomic mass is 32.1. The summed E-state index contributed by atoms with van der Waals surface area (Å²) in [4.78, 5) is 4.50. The Balaban J connectivity index is 1.60. The lowest BCUT2D eigenvalue weighted by atomic mass is 10.1. The number of phenolic OH excluding ortho intramolecular Hbond substituents is 2. The van der Waals surface area contributed by atoms with Crippen LogP contribution in [0, 0.1) is 0 Å². The van der Waals surface area contributed by atoms with Crippen LogP contribution >= 0.6 is 11.3 Å². The number of halogens is 3. The van der Waals surface area contributed by atoms with Gasteiger partial charge in [0.25, 0.3) is 0 Å². The summed E-state index contributed by atoms with van der Waals surface area (Å²) in [5, 5.41) is 27.1. The summed E-state index contributed by atoms with van der Waals surface area (Å²) in [6, 6.07) is 14.4. The molecule has 0 radical (unpaired) electrons. The molecule has 0 unspecified atom stereocenters. The van der Waals surface area contributed by atoms with Crippen molar-refractivity contribution in [3.05, 3.63) is 66.2 Å². The van der Waals surface area contributed by atoms with E-state index in [-0.39, 0.29) is 11.4 Å². The predicted molar refractivity (Wildman–Crippen MR) is 104 cm³/mol. The molecular weight excluding hydrogens is 403 g/mol. The van der Waals surface area contributed by atoms with Gasteiger partial charge in [0.15, 0.2) is 0 Å². The van der Waals surface area contributed by atoms with E-state index in [2.05, 4.69) is 15.2 Å². The fourth-order valence-electron chi connectivity index (χ4n) is 2.66. The van der Waals surface area contributed by atoms with Crippen molar-refractivity contribution in [1.82, 2.24) is 4.98 Å². The maximum Gasteiger partial charge on any atom is 0.418 e. The van der Waals surface area contributed by atoms with Crippen LogP contribution in [0.25, 0.3) is 20.8 Å². The van der Waals surface area contributed by atoms with E-state index in [4.69, 9.17) is 0 Å². The topological polar surface area (TPSA) is 78.1 Å². The van der Waals surface area contributed by atoms with Crippen molar-refractivity contribution >= 4 is 32.9 Å². The number of phenols is 2. The molecule has 0 fully saturated rings. The molecule has 0 saturated carbocycles. The summed E-state index contributed by atoms with van der Waals surface area (Å²) in [5.41, 5.74) is 0.499. The lowest BCUT2D eigenvalue weighted by Crippen LogP contribution is -2.04. The first-order valence-electron chi connectivity index (χ1n) is 8.31. The van der Waals surface area contributed by atoms with Crippen LogP contribution in [0.15, 0.2) is 70.9 Å². The first-order valence-corrected chi connectivity index (χ1v) is 9.13. The first-order chi connectivity index (χ1) is 13.8. The van der Waals surface area contributed by atoms with Crippen molar-refractivity contribution in [2.24, 2.45) is 10.2 Å². The van der Waals surface area contributed by atoms with Gasteiger partial charge in [-0.05, 0) is 60.7 Å². The molecule has 4 aromatic rings. The van der Waals surface area contributed by atoms with Crippen molar-refractivity contribution in [2.45, 2.75) is 6.18 Å². The van der Waals surface area contributed by atoms with E-state index in [0.717, 1.165) is 32.9 Å². The number of aromatic nitrogens is 1. The van der Waals surface area contributed by atoms with E-state index in [9.17, 15) is 23.4 Å². The summed E-state index contributed by atoms with van der Waals surface area (Å²) >= 11 is 1.41. The van der Waals surface area contributed by atoms with Crippen molar-refractivity contribution < 1.29 is 23.4 Å². The molecule has 3 aromatic carbocycles. The molecule has 0 atom stereocenters. The number of nitrogens with zero attached hydrogens (tertiary/aromatic N) is 3. The second-order valence-electron chi connectivity index (χ2n) is 6.12. The van der Waals surface area contributed by atoms with Gasteiger partial charge in [0.1, 0.15) is 16.5 Å². The number of alkyl halides is 3. The van der Waals surface area contributed by atoms with Crippen molar-refractivity contribution in [3.63, 3.8) is 0 Å². The third kappa shape index (κ3) is 4.04. The molecule has 0 bridgehead atoms. The maximum absolute atomic E-state index is 13.1. The van der Waals surface area contributed by atoms with Gasteiger partial charge in [0.05, 0.1) is 27.2 Å². The molecule has 1 heterocycles. The van der Waals surface area contributed by atoms with Crippen LogP contribution in [0.2, 0.25) is 0 Å². The molecule has 0 aliphatic rings. The molecule has 0 saturated heterocycles. The minimum atomic E-state index is -4.65. The van der Waals surface area contributed by atoms with Crippen LogP contribution in [0.5, 0.6) is 11.5 Å². The molecular formula is C20H12F3N3O2S. The number of aromatic hydroxyl groups is 2. The van der Waals surface area contributed by atoms with E-state index < -0.39 is 17.5 Å². The average Bonchev–Trinajstić information content (AvgIpc) is 3.10. The summed E-state index contributed by atoms with van der Waals surface area (Å²) < 4.78 is 40.1. The lowest BCUT2D eigenvalue weighted by molar-refractivity contribution is -0.137. The summed E-state index contributed by atoms with van der Waals surface area (Å²) in [7, 11) is 0. The summed E-state index contributed by atoms with van der Waals surface area (Å²) in [5.74, 6) is -0.333. The minimum absolute atomic E-state index is 0.163. The highest BCUT2D eigenvalue weighted by molar-refractivity contribution is 7.21. The van der Waals surface area contributed by atoms with Gasteiger partial charge in [0, 0.05) is 5.56 Å². The van der Waals surface area contributed by atoms with Gasteiger partial charge in [-0.15, -0.1) is 16.5 Å². The molecule has 5 nitrogen and oxygen atoms in total. The Hall–Kier alpha value is -3.46. The van der Waals surface area contributed by atoms with E-state index in [1.165, 1.54) is 11.3 Å². The Labute approximate surface area is 166 Å². The lowest BCUT2D eigenvalue weighted by Gasteiger charge is -2.09. The zero-order chi connectivity index (χ0) is 20.6. The van der Waals surface area contributed by atoms with Crippen LogP contribution in [0.4, 0.5) is 24.5 Å². The maximum atomic E-state index is 13.1. The van der Waals surface area contributed by atoms with Gasteiger partial charge in [-0.1, -0.05) is 0 Å². The number of hydrogen-bond donors (Lipinski definition) is 2. The number of hydrogen-bond acceptors (Lipinski definition) is 6. The van der Waals surface area contributed by atoms with E-state index >= 15 is 0 Å². The molecule has 9 heteroatoms. The van der Waals surface area contributed by atoms with Gasteiger partial charge < -0.3 is 10.2 Å². The molecule has 1 aromatic heterocycles. The number of thiazole rings is 1. The van der Waals surface area contributed by atoms with Crippen LogP contribution in [0.3, 0.4) is 0 Å². The summed E-state index contributed by atoms with van der Waals surface area (Å²) in [6.07, 6.45) is -4.65. The quantitative estimate of drug-likeness (QED) is 0.361. The standard InChI is InChI=1S/C20H12F3N3O2S/c21-20(22,23)15-9-13(27)5-7-16(15)26-25-12-3-1-11(2-4-12)19-24-17-8-6-14(28)10-18(17)29-19/h1-10,27-28H/b26-25+. The fraction of sp³-hybridized carbons (Fsp3) is 0.0500. The van der Waals surface area contributed by atoms with E-state index in [1.807, 2.05) is 0 Å². The number of fused-ring (bicyclic) bond motifs is 1. The molecule has 0 amide bonds. The van der Waals surface area contributed by atoms with Gasteiger partial charge in [-0.3, -0.25) is 0 Å². The highest BCUT2D eigenvalue weighted by Crippen LogP contribution is 2.39. The Morgan fingerprint density at radius 3 is 2.24 bits per heavy atom. The predicted octanol–water partition coefficient (Wildman–Crippen LogP) is 6.81. The van der Waals surface area contributed by atoms with Crippen molar-refractivity contribution in [2.75, 3.05) is 0 Å². The number of benzene rings is 3. The van der Waals surface area contributed by atoms with Crippen molar-refractivity contribution in [3.8, 4) is 22.1 Å². The normalized spacial score (nSPS) is 12.1. The Bertz CT molecular complexity index is 1220. The number of rotatable bonds is 3. The monoisotopic (exact) mass is 415 g/mol. The van der Waals surface area contributed by atoms with Crippen LogP contribution in [0.1, 0.15) is 5.56 Å². The van der Waals surface area contributed by atoms with Crippen LogP contribution in [-0.2, 0) is 6.18 Å². The Morgan fingerprint density at radius 2 is 1.52 bits per heavy atom. The van der Waals surface area contributed by atoms with Gasteiger partial charge in [0.2, 0.25) is 0 Å². The van der Waals surface area contributed by atoms with E-state index in [0.29, 0.717) is 11.8 Å². The SMILES string of the molecule is Oc1ccc(/N=N/c2ccc(-c3nc4ccc(O)cc4s3)cc2)c(C(F)(F)F)c1. The van der Waals surface area contributed by atoms with Gasteiger partial charge >= 0.3 is 6.18 Å². The zero-order valence-electron chi connectivity index (χ0n) is 14.6. The molecule has 0 aliphatic heterocycles. The molecule has 146 valence electrons. The second-order valence-corrected chi connectivity index (χ2v) is 7.15. The Kier molecular flexibility index (Phi) is 4.67. The molecule has 2 N–H and O–H groups in total. The Morgan fingerprint density at radius 1 is 0.828 bits per heavy atom. The molecule has 29 heavy (non-hydrogen) atoms. The molecule has 4 rings (SSSR count). The summed E-state index contributed by atoms with van der Waals surface area (Å²) in [6.45, 7) is 0. The van der Waals surface area contributed by atoms with Crippen LogP contribution < -0.4 is 0 Å². The third-order valence-electron chi connectivity index (χ3n) is 4.05. The van der Waals surface area contributed by atoms with Crippen LogP contribution in [-0.4, -0.2) is 15.2 Å². The third-order valence-corrected chi connectivity index (χ3v) is 5.11. The van der Waals surface area contributed by atoms with Crippen molar-refractivity contribution in [1.29, 1.82) is 0 Å². The van der Waals surface area contributed by atoms with Gasteiger partial charge in [-0.25, -0.2) is 4.98 Å².